The van der Waals surface area contributed by atoms with Crippen molar-refractivity contribution in [2.45, 2.75) is 95.2 Å². The molecule has 6 N–H and O–H groups in total. The van der Waals surface area contributed by atoms with E-state index in [1.807, 2.05) is 13.0 Å². The molecule has 5 rings (SSSR count). The minimum absolute atomic E-state index is 0.0421. The molecule has 268 valence electrons. The highest BCUT2D eigenvalue weighted by molar-refractivity contribution is 5.98. The smallest absolute Gasteiger partial charge is 0.251 e. The van der Waals surface area contributed by atoms with Crippen LogP contribution in [-0.2, 0) is 30.4 Å². The second kappa shape index (κ2) is 15.7. The van der Waals surface area contributed by atoms with Gasteiger partial charge in [-0.1, -0.05) is 42.8 Å². The molecule has 2 aliphatic heterocycles. The molecule has 1 saturated carbocycles. The van der Waals surface area contributed by atoms with E-state index in [1.165, 1.54) is 25.9 Å². The highest BCUT2D eigenvalue weighted by Gasteiger charge is 2.45. The van der Waals surface area contributed by atoms with Crippen LogP contribution >= 0.6 is 0 Å². The summed E-state index contributed by atoms with van der Waals surface area (Å²) in [5.41, 5.74) is 1.90. The van der Waals surface area contributed by atoms with Crippen molar-refractivity contribution < 1.29 is 38.6 Å². The maximum absolute atomic E-state index is 14.4. The predicted octanol–water partition coefficient (Wildman–Crippen LogP) is 0.0992. The second-order valence-electron chi connectivity index (χ2n) is 13.5. The number of aryl methyl sites for hydroxylation is 1. The highest BCUT2D eigenvalue weighted by Crippen LogP contribution is 2.27. The molecule has 1 aliphatic carbocycles. The third-order valence-electron chi connectivity index (χ3n) is 9.78. The molecular weight excluding hydrogens is 644 g/mol. The molecule has 0 radical (unpaired) electrons. The van der Waals surface area contributed by atoms with Gasteiger partial charge in [0.05, 0.1) is 19.1 Å². The van der Waals surface area contributed by atoms with Crippen LogP contribution in [0.4, 0.5) is 0 Å². The average molecular weight is 691 g/mol. The van der Waals surface area contributed by atoms with Crippen LogP contribution < -0.4 is 31.3 Å². The lowest BCUT2D eigenvalue weighted by Gasteiger charge is -2.32. The van der Waals surface area contributed by atoms with Gasteiger partial charge in [0.15, 0.2) is 0 Å². The number of methoxy groups -OCH3 is 1. The Balaban J connectivity index is 1.48. The molecule has 0 spiro atoms. The SMILES string of the molecule is COc1cc(C(=O)N[C@@H]2C[C@H]3C(=O)N[C@@H](C)C(=O)N[C@@H]4CCC[C@H]4C(=O)N[C@@H]([C@@H](C)O)C(=O)N[C@@H](Cc4ccccc4)C(=O)N3C2)ccc1C. The van der Waals surface area contributed by atoms with Crippen LogP contribution in [-0.4, -0.2) is 101 Å². The van der Waals surface area contributed by atoms with E-state index in [0.29, 0.717) is 30.6 Å². The van der Waals surface area contributed by atoms with Crippen molar-refractivity contribution in [2.24, 2.45) is 5.92 Å². The fourth-order valence-corrected chi connectivity index (χ4v) is 6.97. The number of ether oxygens (including phenoxy) is 1. The molecule has 0 bridgehead atoms. The van der Waals surface area contributed by atoms with Gasteiger partial charge < -0.3 is 41.3 Å². The summed E-state index contributed by atoms with van der Waals surface area (Å²) in [6.45, 7) is 4.68. The minimum Gasteiger partial charge on any atom is -0.496 e. The van der Waals surface area contributed by atoms with Gasteiger partial charge in [0.2, 0.25) is 29.5 Å². The summed E-state index contributed by atoms with van der Waals surface area (Å²) in [6.07, 6.45) is 0.409. The summed E-state index contributed by atoms with van der Waals surface area (Å²) >= 11 is 0. The van der Waals surface area contributed by atoms with Crippen LogP contribution in [0.25, 0.3) is 0 Å². The number of hydrogen-bond donors (Lipinski definition) is 6. The number of benzene rings is 2. The number of nitrogens with zero attached hydrogens (tertiary/aromatic N) is 1. The fraction of sp³-hybridized carbons (Fsp3) is 0.500. The zero-order valence-corrected chi connectivity index (χ0v) is 28.7. The minimum atomic E-state index is -1.39. The summed E-state index contributed by atoms with van der Waals surface area (Å²) in [5, 5.41) is 24.5. The van der Waals surface area contributed by atoms with Crippen LogP contribution in [0.1, 0.15) is 61.0 Å². The number of fused-ring (bicyclic) bond motifs is 2. The maximum Gasteiger partial charge on any atom is 0.251 e. The second-order valence-corrected chi connectivity index (χ2v) is 13.5. The van der Waals surface area contributed by atoms with Gasteiger partial charge in [-0.3, -0.25) is 28.8 Å². The van der Waals surface area contributed by atoms with Gasteiger partial charge in [-0.25, -0.2) is 0 Å². The Labute approximate surface area is 291 Å². The number of amides is 6. The van der Waals surface area contributed by atoms with E-state index < -0.39 is 83.7 Å². The molecule has 0 aromatic heterocycles. The Morgan fingerprint density at radius 2 is 1.70 bits per heavy atom. The molecule has 8 atom stereocenters. The molecule has 2 heterocycles. The molecule has 2 aromatic carbocycles. The molecule has 50 heavy (non-hydrogen) atoms. The lowest BCUT2D eigenvalue weighted by Crippen LogP contribution is -2.61. The molecule has 14 heteroatoms. The lowest BCUT2D eigenvalue weighted by molar-refractivity contribution is -0.143. The third-order valence-corrected chi connectivity index (χ3v) is 9.78. The van der Waals surface area contributed by atoms with Crippen molar-refractivity contribution in [1.82, 2.24) is 31.5 Å². The van der Waals surface area contributed by atoms with E-state index in [9.17, 15) is 33.9 Å². The van der Waals surface area contributed by atoms with Gasteiger partial charge in [-0.05, 0) is 63.3 Å². The monoisotopic (exact) mass is 690 g/mol. The largest absolute Gasteiger partial charge is 0.496 e. The average Bonchev–Trinajstić information content (AvgIpc) is 3.73. The first-order valence-electron chi connectivity index (χ1n) is 17.1. The summed E-state index contributed by atoms with van der Waals surface area (Å²) in [5.74, 6) is -3.55. The van der Waals surface area contributed by atoms with Crippen molar-refractivity contribution in [3.05, 3.63) is 65.2 Å². The van der Waals surface area contributed by atoms with E-state index in [4.69, 9.17) is 4.74 Å². The molecule has 0 unspecified atom stereocenters. The standard InChI is InChI=1S/C36H46N6O8/c1-19-13-14-23(16-29(19)50-4)32(45)38-24-17-28-34(47)37-20(2)31(44)39-26-12-8-11-25(26)33(46)41-30(21(3)43)35(48)40-27(36(49)42(28)18-24)15-22-9-6-5-7-10-22/h5-7,9-10,13-14,16,20-21,24-28,30,43H,8,11-12,15,17-18H2,1-4H3,(H,37,47)(H,38,45)(H,39,44)(H,40,48)(H,41,46)/t20-,21+,24+,25+,26+,27-,28-,30-/m0/s1. The van der Waals surface area contributed by atoms with Gasteiger partial charge in [0, 0.05) is 30.6 Å². The normalized spacial score (nSPS) is 28.4. The molecule has 2 aromatic rings. The van der Waals surface area contributed by atoms with E-state index in [-0.39, 0.29) is 19.4 Å². The Hall–Kier alpha value is -4.98. The van der Waals surface area contributed by atoms with Crippen molar-refractivity contribution in [3.8, 4) is 5.75 Å². The Kier molecular flexibility index (Phi) is 11.4. The first-order chi connectivity index (χ1) is 23.9. The maximum atomic E-state index is 14.4. The first kappa shape index (κ1) is 36.3. The van der Waals surface area contributed by atoms with E-state index in [1.54, 1.807) is 42.5 Å². The molecule has 3 aliphatic rings. The van der Waals surface area contributed by atoms with Crippen molar-refractivity contribution in [3.63, 3.8) is 0 Å². The fourth-order valence-electron chi connectivity index (χ4n) is 6.97. The summed E-state index contributed by atoms with van der Waals surface area (Å²) in [7, 11) is 1.51. The Bertz CT molecular complexity index is 1620. The number of aliphatic hydroxyl groups is 1. The van der Waals surface area contributed by atoms with Gasteiger partial charge >= 0.3 is 0 Å². The highest BCUT2D eigenvalue weighted by atomic mass is 16.5. The van der Waals surface area contributed by atoms with Gasteiger partial charge in [0.1, 0.15) is 29.9 Å². The van der Waals surface area contributed by atoms with Crippen molar-refractivity contribution in [1.29, 1.82) is 0 Å². The zero-order chi connectivity index (χ0) is 36.1. The number of nitrogens with one attached hydrogen (secondary N) is 5. The van der Waals surface area contributed by atoms with E-state index >= 15 is 0 Å². The van der Waals surface area contributed by atoms with Crippen molar-refractivity contribution in [2.75, 3.05) is 13.7 Å². The number of hydrogen-bond acceptors (Lipinski definition) is 8. The molecule has 2 saturated heterocycles. The molecule has 14 nitrogen and oxygen atoms in total. The van der Waals surface area contributed by atoms with Crippen LogP contribution in [0.5, 0.6) is 5.75 Å². The molecule has 6 amide bonds. The third kappa shape index (κ3) is 8.24. The van der Waals surface area contributed by atoms with Gasteiger partial charge in [-0.2, -0.15) is 0 Å². The van der Waals surface area contributed by atoms with Crippen LogP contribution in [0, 0.1) is 12.8 Å². The number of carbonyl (C=O) groups excluding carboxylic acids is 6. The first-order valence-corrected chi connectivity index (χ1v) is 17.1. The van der Waals surface area contributed by atoms with Crippen LogP contribution in [0.2, 0.25) is 0 Å². The Morgan fingerprint density at radius 1 is 0.960 bits per heavy atom. The van der Waals surface area contributed by atoms with Gasteiger partial charge in [0.25, 0.3) is 5.91 Å². The topological polar surface area (TPSA) is 195 Å². The van der Waals surface area contributed by atoms with Crippen LogP contribution in [0.3, 0.4) is 0 Å². The van der Waals surface area contributed by atoms with E-state index in [2.05, 4.69) is 26.6 Å². The number of carbonyl (C=O) groups is 6. The van der Waals surface area contributed by atoms with Gasteiger partial charge in [-0.15, -0.1) is 0 Å². The summed E-state index contributed by atoms with van der Waals surface area (Å²) in [4.78, 5) is 83.4. The van der Waals surface area contributed by atoms with Crippen LogP contribution in [0.15, 0.2) is 48.5 Å². The molecule has 3 fully saturated rings. The number of aliphatic hydroxyl groups excluding tert-OH is 1. The summed E-state index contributed by atoms with van der Waals surface area (Å²) < 4.78 is 5.36. The quantitative estimate of drug-likeness (QED) is 0.246. The zero-order valence-electron chi connectivity index (χ0n) is 28.7. The number of rotatable bonds is 6. The van der Waals surface area contributed by atoms with Crippen molar-refractivity contribution >= 4 is 35.4 Å². The Morgan fingerprint density at radius 3 is 2.40 bits per heavy atom. The predicted molar refractivity (Wildman–Crippen MR) is 182 cm³/mol. The summed E-state index contributed by atoms with van der Waals surface area (Å²) in [6, 6.07) is 8.10. The van der Waals surface area contributed by atoms with E-state index in [0.717, 1.165) is 11.1 Å². The molecular formula is C36H46N6O8. The lowest BCUT2D eigenvalue weighted by atomic mass is 10.00.